The molecule has 0 saturated heterocycles. The fourth-order valence-electron chi connectivity index (χ4n) is 0.833. The van der Waals surface area contributed by atoms with Crippen molar-refractivity contribution in [1.29, 1.82) is 0 Å². The number of benzene rings is 1. The van der Waals surface area contributed by atoms with E-state index in [4.69, 9.17) is 10.6 Å². The zero-order chi connectivity index (χ0) is 11.4. The molecule has 0 spiro atoms. The molecule has 0 heterocycles. The van der Waals surface area contributed by atoms with Crippen LogP contribution in [0.5, 0.6) is 5.75 Å². The molecule has 0 unspecified atom stereocenters. The molecule has 0 aliphatic rings. The van der Waals surface area contributed by atoms with Crippen LogP contribution in [-0.4, -0.2) is 23.1 Å². The van der Waals surface area contributed by atoms with E-state index in [0.29, 0.717) is 0 Å². The van der Waals surface area contributed by atoms with Crippen molar-refractivity contribution in [3.05, 3.63) is 34.4 Å². The van der Waals surface area contributed by atoms with E-state index < -0.39 is 11.0 Å². The molecule has 80 valence electrons. The lowest BCUT2D eigenvalue weighted by molar-refractivity contribution is -0.384. The maximum absolute atomic E-state index is 11.0. The lowest BCUT2D eigenvalue weighted by atomic mass is 10.3. The van der Waals surface area contributed by atoms with E-state index in [1.807, 2.05) is 0 Å². The molecule has 1 aromatic carbocycles. The maximum Gasteiger partial charge on any atom is 0.429 e. The van der Waals surface area contributed by atoms with Gasteiger partial charge in [0.1, 0.15) is 5.75 Å². The highest BCUT2D eigenvalue weighted by molar-refractivity contribution is 5.69. The Bertz CT molecular complexity index is 391. The number of non-ortho nitro benzene ring substituents is 1. The van der Waals surface area contributed by atoms with E-state index >= 15 is 0 Å². The fourth-order valence-corrected chi connectivity index (χ4v) is 0.833. The summed E-state index contributed by atoms with van der Waals surface area (Å²) < 4.78 is 4.72. The number of hydrogen-bond acceptors (Lipinski definition) is 5. The minimum Gasteiger partial charge on any atom is -0.409 e. The normalized spacial score (nSPS) is 9.47. The first-order chi connectivity index (χ1) is 7.00. The van der Waals surface area contributed by atoms with Gasteiger partial charge in [-0.1, -0.05) is 6.07 Å². The first kappa shape index (κ1) is 10.9. The van der Waals surface area contributed by atoms with Crippen LogP contribution in [0.25, 0.3) is 0 Å². The summed E-state index contributed by atoms with van der Waals surface area (Å²) in [6.07, 6.45) is -0.796. The predicted molar refractivity (Wildman–Crippen MR) is 51.1 cm³/mol. The van der Waals surface area contributed by atoms with Crippen LogP contribution in [0, 0.1) is 10.1 Å². The molecule has 0 fully saturated rings. The quantitative estimate of drug-likeness (QED) is 0.339. The number of nitro groups is 1. The minimum absolute atomic E-state index is 0.0755. The van der Waals surface area contributed by atoms with Gasteiger partial charge in [-0.25, -0.2) is 15.6 Å². The highest BCUT2D eigenvalue weighted by Crippen LogP contribution is 2.19. The molecule has 0 bridgehead atoms. The van der Waals surface area contributed by atoms with Gasteiger partial charge in [-0.15, -0.1) is 0 Å². The zero-order valence-corrected chi connectivity index (χ0v) is 7.91. The molecule has 7 heteroatoms. The van der Waals surface area contributed by atoms with Gasteiger partial charge < -0.3 is 4.74 Å². The number of hydrogen-bond donors (Lipinski definition) is 1. The van der Waals surface area contributed by atoms with Gasteiger partial charge in [0, 0.05) is 13.1 Å². The first-order valence-corrected chi connectivity index (χ1v) is 3.95. The number of hydrazine groups is 1. The number of carbonyl (C=O) groups is 1. The summed E-state index contributed by atoms with van der Waals surface area (Å²) >= 11 is 0. The van der Waals surface area contributed by atoms with Gasteiger partial charge in [-0.05, 0) is 6.07 Å². The monoisotopic (exact) mass is 211 g/mol. The van der Waals surface area contributed by atoms with Crippen molar-refractivity contribution in [3.8, 4) is 5.75 Å². The Balaban J connectivity index is 2.83. The smallest absolute Gasteiger partial charge is 0.409 e. The molecule has 2 N–H and O–H groups in total. The van der Waals surface area contributed by atoms with Crippen molar-refractivity contribution < 1.29 is 14.5 Å². The number of ether oxygens (including phenoxy) is 1. The topological polar surface area (TPSA) is 98.7 Å². The third-order valence-electron chi connectivity index (χ3n) is 1.52. The third kappa shape index (κ3) is 2.92. The summed E-state index contributed by atoms with van der Waals surface area (Å²) in [5.74, 6) is 5.18. The molecule has 0 aromatic heterocycles. The van der Waals surface area contributed by atoms with E-state index in [0.717, 1.165) is 11.1 Å². The minimum atomic E-state index is -0.796. The van der Waals surface area contributed by atoms with E-state index in [9.17, 15) is 14.9 Å². The molecule has 1 rings (SSSR count). The highest BCUT2D eigenvalue weighted by atomic mass is 16.6. The van der Waals surface area contributed by atoms with Crippen LogP contribution in [0.4, 0.5) is 10.5 Å². The fraction of sp³-hybridized carbons (Fsp3) is 0.125. The first-order valence-electron chi connectivity index (χ1n) is 3.95. The molecule has 1 aromatic rings. The van der Waals surface area contributed by atoms with Gasteiger partial charge in [0.2, 0.25) is 0 Å². The maximum atomic E-state index is 11.0. The number of rotatable bonds is 2. The second-order valence-corrected chi connectivity index (χ2v) is 2.73. The summed E-state index contributed by atoms with van der Waals surface area (Å²) in [7, 11) is 1.31. The number of nitrogens with two attached hydrogens (primary N) is 1. The predicted octanol–water partition coefficient (Wildman–Crippen LogP) is 0.899. The summed E-state index contributed by atoms with van der Waals surface area (Å²) in [5, 5.41) is 11.1. The number of amides is 1. The van der Waals surface area contributed by atoms with Crippen LogP contribution in [0.3, 0.4) is 0 Å². The van der Waals surface area contributed by atoms with Crippen LogP contribution >= 0.6 is 0 Å². The number of nitro benzene ring substituents is 1. The molecule has 1 amide bonds. The van der Waals surface area contributed by atoms with Gasteiger partial charge in [-0.2, -0.15) is 0 Å². The van der Waals surface area contributed by atoms with Crippen molar-refractivity contribution in [2.75, 3.05) is 7.05 Å². The van der Waals surface area contributed by atoms with E-state index in [1.165, 1.54) is 25.2 Å². The largest absolute Gasteiger partial charge is 0.429 e. The summed E-state index contributed by atoms with van der Waals surface area (Å²) in [6, 6.07) is 5.27. The zero-order valence-electron chi connectivity index (χ0n) is 7.91. The molecule has 0 atom stereocenters. The van der Waals surface area contributed by atoms with Crippen LogP contribution in [0.2, 0.25) is 0 Å². The molecule has 7 nitrogen and oxygen atoms in total. The van der Waals surface area contributed by atoms with Crippen LogP contribution < -0.4 is 10.6 Å². The van der Waals surface area contributed by atoms with Gasteiger partial charge in [-0.3, -0.25) is 10.1 Å². The Kier molecular flexibility index (Phi) is 3.19. The second kappa shape index (κ2) is 4.38. The van der Waals surface area contributed by atoms with Gasteiger partial charge in [0.15, 0.2) is 0 Å². The lowest BCUT2D eigenvalue weighted by Crippen LogP contribution is -2.35. The summed E-state index contributed by atoms with van der Waals surface area (Å²) in [6.45, 7) is 0. The molecule has 15 heavy (non-hydrogen) atoms. The highest BCUT2D eigenvalue weighted by Gasteiger charge is 2.10. The molecule has 0 aliphatic carbocycles. The van der Waals surface area contributed by atoms with Crippen LogP contribution in [0.1, 0.15) is 0 Å². The van der Waals surface area contributed by atoms with Crippen molar-refractivity contribution in [2.45, 2.75) is 0 Å². The van der Waals surface area contributed by atoms with Crippen molar-refractivity contribution in [1.82, 2.24) is 5.01 Å². The van der Waals surface area contributed by atoms with Gasteiger partial charge in [0.25, 0.3) is 5.69 Å². The molecular weight excluding hydrogens is 202 g/mol. The van der Waals surface area contributed by atoms with Crippen molar-refractivity contribution in [2.24, 2.45) is 5.84 Å². The lowest BCUT2D eigenvalue weighted by Gasteiger charge is -2.09. The number of nitrogens with zero attached hydrogens (tertiary/aromatic N) is 2. The standard InChI is InChI=1S/C8H9N3O4/c1-10(9)8(12)15-7-4-2-3-6(5-7)11(13)14/h2-5H,9H2,1H3. The van der Waals surface area contributed by atoms with Crippen molar-refractivity contribution in [3.63, 3.8) is 0 Å². The SMILES string of the molecule is CN(N)C(=O)Oc1cccc([N+](=O)[O-])c1. The number of carbonyl (C=O) groups excluding carboxylic acids is 1. The van der Waals surface area contributed by atoms with Crippen molar-refractivity contribution >= 4 is 11.8 Å². The Morgan fingerprint density at radius 1 is 1.60 bits per heavy atom. The van der Waals surface area contributed by atoms with Crippen LogP contribution in [0.15, 0.2) is 24.3 Å². The van der Waals surface area contributed by atoms with Gasteiger partial charge in [0.05, 0.1) is 11.0 Å². The molecule has 0 saturated carbocycles. The van der Waals surface area contributed by atoms with E-state index in [1.54, 1.807) is 0 Å². The third-order valence-corrected chi connectivity index (χ3v) is 1.52. The second-order valence-electron chi connectivity index (χ2n) is 2.73. The molecule has 0 aliphatic heterocycles. The van der Waals surface area contributed by atoms with E-state index in [-0.39, 0.29) is 11.4 Å². The summed E-state index contributed by atoms with van der Waals surface area (Å²) in [5.41, 5.74) is -0.153. The Labute approximate surface area is 85.2 Å². The van der Waals surface area contributed by atoms with E-state index in [2.05, 4.69) is 0 Å². The molecular formula is C8H9N3O4. The van der Waals surface area contributed by atoms with Gasteiger partial charge >= 0.3 is 6.09 Å². The molecule has 0 radical (unpaired) electrons. The Morgan fingerprint density at radius 2 is 2.27 bits per heavy atom. The average molecular weight is 211 g/mol. The van der Waals surface area contributed by atoms with Crippen LogP contribution in [-0.2, 0) is 0 Å². The Hall–Kier alpha value is -2.15. The Morgan fingerprint density at radius 3 is 2.80 bits per heavy atom. The summed E-state index contributed by atoms with van der Waals surface area (Å²) in [4.78, 5) is 20.8. The average Bonchev–Trinajstić information content (AvgIpc) is 2.18.